The summed E-state index contributed by atoms with van der Waals surface area (Å²) in [5.74, 6) is 0. The van der Waals surface area contributed by atoms with Gasteiger partial charge in [0, 0.05) is 9.81 Å². The fourth-order valence-electron chi connectivity index (χ4n) is 1.86. The van der Waals surface area contributed by atoms with E-state index in [2.05, 4.69) is 49.6 Å². The lowest BCUT2D eigenvalue weighted by Gasteiger charge is -2.10. The molecule has 0 N–H and O–H groups in total. The van der Waals surface area contributed by atoms with Crippen molar-refractivity contribution in [2.75, 3.05) is 6.26 Å². The molecule has 92 valence electrons. The average molecular weight is 272 g/mol. The van der Waals surface area contributed by atoms with E-state index in [1.54, 1.807) is 11.8 Å². The highest BCUT2D eigenvalue weighted by Crippen LogP contribution is 2.36. The van der Waals surface area contributed by atoms with Crippen molar-refractivity contribution in [2.45, 2.75) is 6.92 Å². The Balaban J connectivity index is 2.51. The Bertz CT molecular complexity index is 556. The standard InChI is InChI=1S/C16H16S2/c1-12-7-6-10-14(11-12)16(18-2)15(17)13-8-4-3-5-9-13/h3-11,17H,1-2H3/b16-15-. The van der Waals surface area contributed by atoms with E-state index in [4.69, 9.17) is 12.6 Å². The Labute approximate surface area is 119 Å². The summed E-state index contributed by atoms with van der Waals surface area (Å²) in [4.78, 5) is 2.25. The molecule has 2 rings (SSSR count). The van der Waals surface area contributed by atoms with Gasteiger partial charge in [-0.3, -0.25) is 0 Å². The molecule has 0 unspecified atom stereocenters. The monoisotopic (exact) mass is 272 g/mol. The van der Waals surface area contributed by atoms with Crippen molar-refractivity contribution < 1.29 is 0 Å². The summed E-state index contributed by atoms with van der Waals surface area (Å²) in [5, 5.41) is 0. The summed E-state index contributed by atoms with van der Waals surface area (Å²) in [6.07, 6.45) is 2.09. The Kier molecular flexibility index (Phi) is 4.56. The number of hydrogen-bond donors (Lipinski definition) is 1. The van der Waals surface area contributed by atoms with Crippen molar-refractivity contribution in [3.63, 3.8) is 0 Å². The van der Waals surface area contributed by atoms with Crippen LogP contribution in [0, 0.1) is 6.92 Å². The molecule has 0 fully saturated rings. The number of rotatable bonds is 3. The van der Waals surface area contributed by atoms with E-state index in [0.29, 0.717) is 0 Å². The predicted molar refractivity (Wildman–Crippen MR) is 86.9 cm³/mol. The van der Waals surface area contributed by atoms with Crippen molar-refractivity contribution in [3.8, 4) is 0 Å². The third-order valence-corrected chi connectivity index (χ3v) is 4.23. The van der Waals surface area contributed by atoms with Gasteiger partial charge in [-0.2, -0.15) is 0 Å². The summed E-state index contributed by atoms with van der Waals surface area (Å²) in [6, 6.07) is 18.8. The van der Waals surface area contributed by atoms with Crippen LogP contribution in [0.25, 0.3) is 9.81 Å². The first-order valence-electron chi connectivity index (χ1n) is 5.82. The molecule has 0 aliphatic heterocycles. The molecule has 0 atom stereocenters. The Hall–Kier alpha value is -1.12. The largest absolute Gasteiger partial charge is 0.142 e. The minimum Gasteiger partial charge on any atom is -0.142 e. The second-order valence-electron chi connectivity index (χ2n) is 4.12. The summed E-state index contributed by atoms with van der Waals surface area (Å²) < 4.78 is 0. The molecule has 2 aromatic rings. The first-order chi connectivity index (χ1) is 8.72. The summed E-state index contributed by atoms with van der Waals surface area (Å²) in [5.41, 5.74) is 3.66. The Morgan fingerprint density at radius 3 is 2.22 bits per heavy atom. The fraction of sp³-hybridized carbons (Fsp3) is 0.125. The van der Waals surface area contributed by atoms with Gasteiger partial charge in [-0.05, 0) is 24.3 Å². The SMILES string of the molecule is CS/C(=C(\S)c1ccccc1)c1cccc(C)c1. The Morgan fingerprint density at radius 2 is 1.61 bits per heavy atom. The zero-order chi connectivity index (χ0) is 13.0. The van der Waals surface area contributed by atoms with E-state index < -0.39 is 0 Å². The van der Waals surface area contributed by atoms with Gasteiger partial charge < -0.3 is 0 Å². The molecule has 18 heavy (non-hydrogen) atoms. The number of thiol groups is 1. The summed E-state index contributed by atoms with van der Waals surface area (Å²) in [6.45, 7) is 2.11. The van der Waals surface area contributed by atoms with Gasteiger partial charge in [0.15, 0.2) is 0 Å². The van der Waals surface area contributed by atoms with E-state index in [1.165, 1.54) is 16.0 Å². The molecule has 0 radical (unpaired) electrons. The van der Waals surface area contributed by atoms with Gasteiger partial charge in [-0.1, -0.05) is 60.2 Å². The molecule has 0 bridgehead atoms. The van der Waals surface area contributed by atoms with Crippen LogP contribution in [0.2, 0.25) is 0 Å². The lowest BCUT2D eigenvalue weighted by Crippen LogP contribution is -1.85. The maximum Gasteiger partial charge on any atom is 0.0281 e. The van der Waals surface area contributed by atoms with E-state index in [1.807, 2.05) is 18.2 Å². The number of hydrogen-bond acceptors (Lipinski definition) is 2. The molecule has 2 heteroatoms. The average Bonchev–Trinajstić information content (AvgIpc) is 2.40. The third-order valence-electron chi connectivity index (χ3n) is 2.75. The molecule has 0 nitrogen and oxygen atoms in total. The Morgan fingerprint density at radius 1 is 0.944 bits per heavy atom. The van der Waals surface area contributed by atoms with Crippen LogP contribution in [0.15, 0.2) is 54.6 Å². The normalized spacial score (nSPS) is 12.2. The predicted octanol–water partition coefficient (Wildman–Crippen LogP) is 5.11. The third kappa shape index (κ3) is 3.01. The molecular formula is C16H16S2. The fourth-order valence-corrected chi connectivity index (χ4v) is 3.09. The van der Waals surface area contributed by atoms with Crippen LogP contribution in [-0.2, 0) is 0 Å². The number of thioether (sulfide) groups is 1. The van der Waals surface area contributed by atoms with Gasteiger partial charge >= 0.3 is 0 Å². The van der Waals surface area contributed by atoms with E-state index in [0.717, 1.165) is 10.5 Å². The summed E-state index contributed by atoms with van der Waals surface area (Å²) >= 11 is 6.44. The van der Waals surface area contributed by atoms with Crippen LogP contribution in [0.5, 0.6) is 0 Å². The van der Waals surface area contributed by atoms with Crippen molar-refractivity contribution in [3.05, 3.63) is 71.3 Å². The molecule has 0 aromatic heterocycles. The highest BCUT2D eigenvalue weighted by molar-refractivity contribution is 8.09. The zero-order valence-electron chi connectivity index (χ0n) is 10.6. The molecule has 0 amide bonds. The van der Waals surface area contributed by atoms with Crippen LogP contribution >= 0.6 is 24.4 Å². The van der Waals surface area contributed by atoms with E-state index in [-0.39, 0.29) is 0 Å². The van der Waals surface area contributed by atoms with Crippen molar-refractivity contribution in [1.82, 2.24) is 0 Å². The summed E-state index contributed by atoms with van der Waals surface area (Å²) in [7, 11) is 0. The van der Waals surface area contributed by atoms with Crippen molar-refractivity contribution in [1.29, 1.82) is 0 Å². The molecule has 0 aliphatic carbocycles. The van der Waals surface area contributed by atoms with E-state index in [9.17, 15) is 0 Å². The maximum absolute atomic E-state index is 4.70. The van der Waals surface area contributed by atoms with Crippen LogP contribution in [0.3, 0.4) is 0 Å². The molecule has 0 spiro atoms. The topological polar surface area (TPSA) is 0 Å². The van der Waals surface area contributed by atoms with Crippen molar-refractivity contribution >= 4 is 34.2 Å². The highest BCUT2D eigenvalue weighted by Gasteiger charge is 2.07. The first kappa shape index (κ1) is 13.3. The number of benzene rings is 2. The lowest BCUT2D eigenvalue weighted by molar-refractivity contribution is 1.46. The number of aryl methyl sites for hydroxylation is 1. The minimum absolute atomic E-state index is 1.04. The molecular weight excluding hydrogens is 256 g/mol. The second-order valence-corrected chi connectivity index (χ2v) is 5.38. The first-order valence-corrected chi connectivity index (χ1v) is 7.49. The minimum atomic E-state index is 1.04. The molecule has 0 heterocycles. The molecule has 2 aromatic carbocycles. The lowest BCUT2D eigenvalue weighted by atomic mass is 10.1. The molecule has 0 saturated carbocycles. The quantitative estimate of drug-likeness (QED) is 0.598. The van der Waals surface area contributed by atoms with Crippen LogP contribution in [-0.4, -0.2) is 6.26 Å². The van der Waals surface area contributed by atoms with Gasteiger partial charge in [0.1, 0.15) is 0 Å². The van der Waals surface area contributed by atoms with Gasteiger partial charge in [0.25, 0.3) is 0 Å². The maximum atomic E-state index is 4.70. The second kappa shape index (κ2) is 6.17. The molecule has 0 saturated heterocycles. The highest BCUT2D eigenvalue weighted by atomic mass is 32.2. The van der Waals surface area contributed by atoms with Gasteiger partial charge in [0.2, 0.25) is 0 Å². The van der Waals surface area contributed by atoms with Gasteiger partial charge in [-0.15, -0.1) is 24.4 Å². The molecule has 0 aliphatic rings. The van der Waals surface area contributed by atoms with E-state index >= 15 is 0 Å². The van der Waals surface area contributed by atoms with Crippen molar-refractivity contribution in [2.24, 2.45) is 0 Å². The zero-order valence-corrected chi connectivity index (χ0v) is 12.3. The van der Waals surface area contributed by atoms with Crippen LogP contribution in [0.4, 0.5) is 0 Å². The van der Waals surface area contributed by atoms with Crippen LogP contribution in [0.1, 0.15) is 16.7 Å². The van der Waals surface area contributed by atoms with Gasteiger partial charge in [0.05, 0.1) is 0 Å². The smallest absolute Gasteiger partial charge is 0.0281 e. The van der Waals surface area contributed by atoms with Crippen LogP contribution < -0.4 is 0 Å². The van der Waals surface area contributed by atoms with Gasteiger partial charge in [-0.25, -0.2) is 0 Å².